The van der Waals surface area contributed by atoms with E-state index in [0.717, 1.165) is 10.6 Å². The van der Waals surface area contributed by atoms with Crippen LogP contribution in [0.15, 0.2) is 60.7 Å². The second-order valence-corrected chi connectivity index (χ2v) is 7.38. The molecule has 0 heterocycles. The molecule has 0 aromatic heterocycles. The number of anilines is 1. The summed E-state index contributed by atoms with van der Waals surface area (Å²) in [7, 11) is -3.59. The van der Waals surface area contributed by atoms with Crippen LogP contribution < -0.4 is 14.4 Å². The highest BCUT2D eigenvalue weighted by Crippen LogP contribution is 2.20. The van der Waals surface area contributed by atoms with Crippen LogP contribution in [0.5, 0.6) is 5.75 Å². The van der Waals surface area contributed by atoms with Gasteiger partial charge < -0.3 is 10.1 Å². The summed E-state index contributed by atoms with van der Waals surface area (Å²) >= 11 is 0. The fourth-order valence-electron chi connectivity index (χ4n) is 2.39. The summed E-state index contributed by atoms with van der Waals surface area (Å²) in [5.41, 5.74) is 0.452. The summed E-state index contributed by atoms with van der Waals surface area (Å²) in [5.74, 6) is 0.331. The van der Waals surface area contributed by atoms with Crippen LogP contribution in [0.3, 0.4) is 0 Å². The maximum absolute atomic E-state index is 12.3. The normalized spacial score (nSPS) is 12.2. The molecule has 7 heteroatoms. The highest BCUT2D eigenvalue weighted by atomic mass is 32.2. The molecule has 2 rings (SSSR count). The first-order chi connectivity index (χ1) is 11.9. The summed E-state index contributed by atoms with van der Waals surface area (Å²) in [6.45, 7) is 2.14. The Morgan fingerprint density at radius 1 is 1.08 bits per heavy atom. The Hall–Kier alpha value is -2.54. The van der Waals surface area contributed by atoms with E-state index in [1.54, 1.807) is 37.3 Å². The van der Waals surface area contributed by atoms with E-state index < -0.39 is 16.1 Å². The summed E-state index contributed by atoms with van der Waals surface area (Å²) in [6, 6.07) is 16.9. The fourth-order valence-corrected chi connectivity index (χ4v) is 3.57. The van der Waals surface area contributed by atoms with Gasteiger partial charge in [-0.3, -0.25) is 9.10 Å². The van der Waals surface area contributed by atoms with E-state index in [9.17, 15) is 13.2 Å². The van der Waals surface area contributed by atoms with Crippen molar-refractivity contribution in [3.63, 3.8) is 0 Å². The van der Waals surface area contributed by atoms with Crippen LogP contribution in [0.25, 0.3) is 0 Å². The van der Waals surface area contributed by atoms with Crippen LogP contribution in [-0.2, 0) is 14.8 Å². The molecule has 1 amide bonds. The van der Waals surface area contributed by atoms with Crippen molar-refractivity contribution in [2.75, 3.05) is 23.7 Å². The fraction of sp³-hybridized carbons (Fsp3) is 0.278. The molecule has 134 valence electrons. The Balaban J connectivity index is 1.94. The Bertz CT molecular complexity index is 779. The lowest BCUT2D eigenvalue weighted by molar-refractivity contribution is -0.121. The number of carbonyl (C=O) groups is 1. The SMILES string of the molecule is CC(C(=O)NCCOc1ccccc1)N(c1ccccc1)S(C)(=O)=O. The van der Waals surface area contributed by atoms with Gasteiger partial charge in [0.25, 0.3) is 0 Å². The summed E-state index contributed by atoms with van der Waals surface area (Å²) in [5, 5.41) is 2.70. The van der Waals surface area contributed by atoms with Crippen molar-refractivity contribution in [2.24, 2.45) is 0 Å². The molecule has 1 atom stereocenters. The topological polar surface area (TPSA) is 75.7 Å². The van der Waals surface area contributed by atoms with E-state index >= 15 is 0 Å². The van der Waals surface area contributed by atoms with Crippen molar-refractivity contribution in [2.45, 2.75) is 13.0 Å². The number of ether oxygens (including phenoxy) is 1. The minimum absolute atomic E-state index is 0.282. The van der Waals surface area contributed by atoms with Crippen molar-refractivity contribution in [3.8, 4) is 5.75 Å². The minimum Gasteiger partial charge on any atom is -0.492 e. The third-order valence-electron chi connectivity index (χ3n) is 3.51. The smallest absolute Gasteiger partial charge is 0.243 e. The van der Waals surface area contributed by atoms with E-state index in [4.69, 9.17) is 4.74 Å². The highest BCUT2D eigenvalue weighted by Gasteiger charge is 2.28. The van der Waals surface area contributed by atoms with E-state index in [0.29, 0.717) is 18.0 Å². The lowest BCUT2D eigenvalue weighted by Gasteiger charge is -2.28. The van der Waals surface area contributed by atoms with Gasteiger partial charge in [0, 0.05) is 0 Å². The molecule has 6 nitrogen and oxygen atoms in total. The van der Waals surface area contributed by atoms with Gasteiger partial charge in [-0.15, -0.1) is 0 Å². The number of nitrogens with zero attached hydrogens (tertiary/aromatic N) is 1. The maximum Gasteiger partial charge on any atom is 0.243 e. The van der Waals surface area contributed by atoms with Gasteiger partial charge in [0.15, 0.2) is 0 Å². The Labute approximate surface area is 148 Å². The maximum atomic E-state index is 12.3. The number of amides is 1. The average Bonchev–Trinajstić information content (AvgIpc) is 2.59. The molecule has 1 N–H and O–H groups in total. The van der Waals surface area contributed by atoms with Gasteiger partial charge in [-0.05, 0) is 31.2 Å². The zero-order valence-electron chi connectivity index (χ0n) is 14.3. The Morgan fingerprint density at radius 2 is 1.64 bits per heavy atom. The zero-order chi connectivity index (χ0) is 18.3. The molecule has 0 aliphatic rings. The Morgan fingerprint density at radius 3 is 2.20 bits per heavy atom. The van der Waals surface area contributed by atoms with Crippen LogP contribution in [0, 0.1) is 0 Å². The molecule has 0 saturated heterocycles. The molecule has 1 unspecified atom stereocenters. The van der Waals surface area contributed by atoms with E-state index in [1.807, 2.05) is 30.3 Å². The number of nitrogens with one attached hydrogen (secondary N) is 1. The van der Waals surface area contributed by atoms with Crippen molar-refractivity contribution in [3.05, 3.63) is 60.7 Å². The number of sulfonamides is 1. The first-order valence-corrected chi connectivity index (χ1v) is 9.74. The van der Waals surface area contributed by atoms with Crippen LogP contribution in [0.1, 0.15) is 6.92 Å². The minimum atomic E-state index is -3.59. The van der Waals surface area contributed by atoms with Gasteiger partial charge in [-0.1, -0.05) is 36.4 Å². The van der Waals surface area contributed by atoms with Crippen LogP contribution >= 0.6 is 0 Å². The predicted octanol–water partition coefficient (Wildman–Crippen LogP) is 2.04. The van der Waals surface area contributed by atoms with Gasteiger partial charge in [0.05, 0.1) is 18.5 Å². The quantitative estimate of drug-likeness (QED) is 0.729. The molecule has 0 fully saturated rings. The number of hydrogen-bond donors (Lipinski definition) is 1. The lowest BCUT2D eigenvalue weighted by Crippen LogP contribution is -2.48. The second-order valence-electron chi connectivity index (χ2n) is 5.52. The standard InChI is InChI=1S/C18H22N2O4S/c1-15(20(25(2,22)23)16-9-5-3-6-10-16)18(21)19-13-14-24-17-11-7-4-8-12-17/h3-12,15H,13-14H2,1-2H3,(H,19,21). The molecular formula is C18H22N2O4S. The molecule has 0 bridgehead atoms. The van der Waals surface area contributed by atoms with Crippen molar-refractivity contribution >= 4 is 21.6 Å². The molecule has 0 aliphatic carbocycles. The number of para-hydroxylation sites is 2. The van der Waals surface area contributed by atoms with Crippen LogP contribution in [0.2, 0.25) is 0 Å². The number of hydrogen-bond acceptors (Lipinski definition) is 4. The first kappa shape index (κ1) is 18.8. The molecular weight excluding hydrogens is 340 g/mol. The van der Waals surface area contributed by atoms with E-state index in [2.05, 4.69) is 5.32 Å². The van der Waals surface area contributed by atoms with Crippen molar-refractivity contribution in [1.82, 2.24) is 5.32 Å². The summed E-state index contributed by atoms with van der Waals surface area (Å²) < 4.78 is 30.8. The molecule has 0 saturated carbocycles. The second kappa shape index (κ2) is 8.53. The monoisotopic (exact) mass is 362 g/mol. The zero-order valence-corrected chi connectivity index (χ0v) is 15.1. The first-order valence-electron chi connectivity index (χ1n) is 7.89. The van der Waals surface area contributed by atoms with Gasteiger partial charge >= 0.3 is 0 Å². The third-order valence-corrected chi connectivity index (χ3v) is 4.75. The van der Waals surface area contributed by atoms with E-state index in [1.165, 1.54) is 0 Å². The van der Waals surface area contributed by atoms with Gasteiger partial charge in [0.2, 0.25) is 15.9 Å². The number of rotatable bonds is 8. The molecule has 0 spiro atoms. The molecule has 0 aliphatic heterocycles. The largest absolute Gasteiger partial charge is 0.492 e. The Kier molecular flexibility index (Phi) is 6.41. The van der Waals surface area contributed by atoms with Crippen molar-refractivity contribution < 1.29 is 17.9 Å². The van der Waals surface area contributed by atoms with Crippen LogP contribution in [0.4, 0.5) is 5.69 Å². The molecule has 2 aromatic rings. The van der Waals surface area contributed by atoms with Gasteiger partial charge in [0.1, 0.15) is 18.4 Å². The lowest BCUT2D eigenvalue weighted by atomic mass is 10.2. The van der Waals surface area contributed by atoms with Gasteiger partial charge in [-0.25, -0.2) is 8.42 Å². The molecule has 0 radical (unpaired) electrons. The highest BCUT2D eigenvalue weighted by molar-refractivity contribution is 7.92. The summed E-state index contributed by atoms with van der Waals surface area (Å²) in [4.78, 5) is 12.3. The van der Waals surface area contributed by atoms with Gasteiger partial charge in [-0.2, -0.15) is 0 Å². The molecule has 2 aromatic carbocycles. The number of carbonyl (C=O) groups excluding carboxylic acids is 1. The van der Waals surface area contributed by atoms with Crippen molar-refractivity contribution in [1.29, 1.82) is 0 Å². The van der Waals surface area contributed by atoms with Crippen LogP contribution in [-0.4, -0.2) is 39.8 Å². The average molecular weight is 362 g/mol. The third kappa shape index (κ3) is 5.49. The number of benzene rings is 2. The molecule has 25 heavy (non-hydrogen) atoms. The summed E-state index contributed by atoms with van der Waals surface area (Å²) in [6.07, 6.45) is 1.09. The van der Waals surface area contributed by atoms with E-state index in [-0.39, 0.29) is 12.5 Å². The predicted molar refractivity (Wildman–Crippen MR) is 98.2 cm³/mol.